The first-order valence-electron chi connectivity index (χ1n) is 9.10. The fraction of sp³-hybridized carbons (Fsp3) is 0.190. The molecule has 0 saturated carbocycles. The van der Waals surface area contributed by atoms with E-state index in [9.17, 15) is 18.0 Å². The van der Waals surface area contributed by atoms with Crippen LogP contribution >= 0.6 is 0 Å². The molecule has 0 spiro atoms. The Morgan fingerprint density at radius 2 is 1.87 bits per heavy atom. The molecule has 0 saturated heterocycles. The SMILES string of the molecule is NC(=O)c1ccc(-c2ccnc(NCCCOc3cccc(C(F)(F)F)c3)n2)cc1. The molecule has 3 N–H and O–H groups in total. The van der Waals surface area contributed by atoms with Gasteiger partial charge in [-0.1, -0.05) is 18.2 Å². The highest BCUT2D eigenvalue weighted by molar-refractivity contribution is 5.93. The summed E-state index contributed by atoms with van der Waals surface area (Å²) in [5.74, 6) is 0.0759. The molecule has 3 aromatic rings. The van der Waals surface area contributed by atoms with Gasteiger partial charge in [0.1, 0.15) is 5.75 Å². The highest BCUT2D eigenvalue weighted by Gasteiger charge is 2.30. The van der Waals surface area contributed by atoms with Crippen molar-refractivity contribution < 1.29 is 22.7 Å². The number of hydrogen-bond donors (Lipinski definition) is 2. The number of rotatable bonds is 8. The molecule has 0 aliphatic heterocycles. The number of hydrogen-bond acceptors (Lipinski definition) is 5. The third-order valence-corrected chi connectivity index (χ3v) is 4.16. The maximum Gasteiger partial charge on any atom is 0.416 e. The number of carbonyl (C=O) groups excluding carboxylic acids is 1. The van der Waals surface area contributed by atoms with Crippen LogP contribution in [0.15, 0.2) is 60.8 Å². The molecule has 0 fully saturated rings. The summed E-state index contributed by atoms with van der Waals surface area (Å²) in [5, 5.41) is 3.05. The number of nitrogens with two attached hydrogens (primary N) is 1. The molecule has 1 aromatic heterocycles. The summed E-state index contributed by atoms with van der Waals surface area (Å²) < 4.78 is 43.5. The van der Waals surface area contributed by atoms with Gasteiger partial charge in [0.2, 0.25) is 11.9 Å². The summed E-state index contributed by atoms with van der Waals surface area (Å²) in [4.78, 5) is 19.7. The van der Waals surface area contributed by atoms with Crippen molar-refractivity contribution in [3.05, 3.63) is 71.9 Å². The molecule has 2 aromatic carbocycles. The van der Waals surface area contributed by atoms with E-state index in [1.54, 1.807) is 36.5 Å². The lowest BCUT2D eigenvalue weighted by molar-refractivity contribution is -0.137. The number of benzene rings is 2. The molecule has 0 atom stereocenters. The summed E-state index contributed by atoms with van der Waals surface area (Å²) >= 11 is 0. The molecule has 0 aliphatic carbocycles. The summed E-state index contributed by atoms with van der Waals surface area (Å²) in [6.07, 6.45) is -2.26. The molecule has 30 heavy (non-hydrogen) atoms. The van der Waals surface area contributed by atoms with Crippen molar-refractivity contribution in [1.82, 2.24) is 9.97 Å². The second-order valence-corrected chi connectivity index (χ2v) is 6.36. The molecule has 3 rings (SSSR count). The minimum atomic E-state index is -4.40. The van der Waals surface area contributed by atoms with E-state index in [1.807, 2.05) is 0 Å². The quantitative estimate of drug-likeness (QED) is 0.539. The first-order chi connectivity index (χ1) is 14.3. The Kier molecular flexibility index (Phi) is 6.51. The summed E-state index contributed by atoms with van der Waals surface area (Å²) in [7, 11) is 0. The van der Waals surface area contributed by atoms with Gasteiger partial charge >= 0.3 is 6.18 Å². The predicted molar refractivity (Wildman–Crippen MR) is 106 cm³/mol. The van der Waals surface area contributed by atoms with Crippen molar-refractivity contribution in [2.75, 3.05) is 18.5 Å². The Balaban J connectivity index is 1.50. The monoisotopic (exact) mass is 416 g/mol. The van der Waals surface area contributed by atoms with Gasteiger partial charge in [-0.15, -0.1) is 0 Å². The van der Waals surface area contributed by atoms with Crippen molar-refractivity contribution in [3.63, 3.8) is 0 Å². The number of nitrogens with one attached hydrogen (secondary N) is 1. The minimum absolute atomic E-state index is 0.169. The highest BCUT2D eigenvalue weighted by atomic mass is 19.4. The van der Waals surface area contributed by atoms with Crippen LogP contribution in [0.5, 0.6) is 5.75 Å². The Morgan fingerprint density at radius 3 is 2.57 bits per heavy atom. The van der Waals surface area contributed by atoms with Gasteiger partial charge in [0.25, 0.3) is 0 Å². The third-order valence-electron chi connectivity index (χ3n) is 4.16. The molecule has 0 bridgehead atoms. The lowest BCUT2D eigenvalue weighted by Gasteiger charge is -2.10. The van der Waals surface area contributed by atoms with Crippen LogP contribution in [0, 0.1) is 0 Å². The van der Waals surface area contributed by atoms with Gasteiger partial charge in [-0.25, -0.2) is 9.97 Å². The molecule has 0 radical (unpaired) electrons. The number of ether oxygens (including phenoxy) is 1. The molecular weight excluding hydrogens is 397 g/mol. The van der Waals surface area contributed by atoms with Crippen molar-refractivity contribution in [2.45, 2.75) is 12.6 Å². The second-order valence-electron chi connectivity index (χ2n) is 6.36. The maximum absolute atomic E-state index is 12.7. The molecule has 1 amide bonds. The van der Waals surface area contributed by atoms with E-state index in [-0.39, 0.29) is 12.4 Å². The number of alkyl halides is 3. The average Bonchev–Trinajstić information content (AvgIpc) is 2.73. The zero-order valence-corrected chi connectivity index (χ0v) is 15.8. The van der Waals surface area contributed by atoms with Gasteiger partial charge in [0.15, 0.2) is 0 Å². The molecule has 9 heteroatoms. The molecule has 1 heterocycles. The number of amides is 1. The molecular formula is C21H19F3N4O2. The van der Waals surface area contributed by atoms with Gasteiger partial charge in [0.05, 0.1) is 17.9 Å². The fourth-order valence-electron chi connectivity index (χ4n) is 2.63. The maximum atomic E-state index is 12.7. The van der Waals surface area contributed by atoms with Crippen LogP contribution in [0.2, 0.25) is 0 Å². The van der Waals surface area contributed by atoms with Crippen molar-refractivity contribution in [3.8, 4) is 17.0 Å². The summed E-state index contributed by atoms with van der Waals surface area (Å²) in [6, 6.07) is 13.2. The van der Waals surface area contributed by atoms with Gasteiger partial charge in [0, 0.05) is 23.9 Å². The second kappa shape index (κ2) is 9.25. The van der Waals surface area contributed by atoms with E-state index in [0.29, 0.717) is 30.2 Å². The number of halogens is 3. The lowest BCUT2D eigenvalue weighted by atomic mass is 10.1. The average molecular weight is 416 g/mol. The van der Waals surface area contributed by atoms with Gasteiger partial charge in [-0.3, -0.25) is 4.79 Å². The van der Waals surface area contributed by atoms with Crippen molar-refractivity contribution in [2.24, 2.45) is 5.73 Å². The van der Waals surface area contributed by atoms with Crippen LogP contribution in [0.1, 0.15) is 22.3 Å². The predicted octanol–water partition coefficient (Wildman–Crippen LogP) is 4.14. The van der Waals surface area contributed by atoms with Gasteiger partial charge < -0.3 is 15.8 Å². The minimum Gasteiger partial charge on any atom is -0.494 e. The van der Waals surface area contributed by atoms with Crippen molar-refractivity contribution >= 4 is 11.9 Å². The first-order valence-corrected chi connectivity index (χ1v) is 9.10. The lowest BCUT2D eigenvalue weighted by Crippen LogP contribution is -2.11. The number of aromatic nitrogens is 2. The summed E-state index contributed by atoms with van der Waals surface area (Å²) in [5.41, 5.74) is 6.37. The summed E-state index contributed by atoms with van der Waals surface area (Å²) in [6.45, 7) is 0.714. The van der Waals surface area contributed by atoms with E-state index < -0.39 is 17.6 Å². The first kappa shape index (κ1) is 21.1. The number of primary amides is 1. The van der Waals surface area contributed by atoms with E-state index in [0.717, 1.165) is 17.7 Å². The molecule has 0 unspecified atom stereocenters. The largest absolute Gasteiger partial charge is 0.494 e. The van der Waals surface area contributed by atoms with Crippen LogP contribution in [0.4, 0.5) is 19.1 Å². The Hall–Kier alpha value is -3.62. The molecule has 6 nitrogen and oxygen atoms in total. The van der Waals surface area contributed by atoms with Gasteiger partial charge in [-0.2, -0.15) is 13.2 Å². The smallest absolute Gasteiger partial charge is 0.416 e. The standard InChI is InChI=1S/C21H19F3N4O2/c22-21(23,24)16-3-1-4-17(13-16)30-12-2-10-26-20-27-11-9-18(28-20)14-5-7-15(8-6-14)19(25)29/h1,3-9,11,13H,2,10,12H2,(H2,25,29)(H,26,27,28). The third kappa shape index (κ3) is 5.69. The number of nitrogens with zero attached hydrogens (tertiary/aromatic N) is 2. The van der Waals surface area contributed by atoms with E-state index in [1.165, 1.54) is 12.1 Å². The van der Waals surface area contributed by atoms with Crippen LogP contribution in [0.3, 0.4) is 0 Å². The van der Waals surface area contributed by atoms with Crippen LogP contribution in [-0.2, 0) is 6.18 Å². The van der Waals surface area contributed by atoms with Crippen LogP contribution in [-0.4, -0.2) is 29.0 Å². The Bertz CT molecular complexity index is 1010. The van der Waals surface area contributed by atoms with Crippen LogP contribution < -0.4 is 15.8 Å². The number of anilines is 1. The fourth-order valence-corrected chi connectivity index (χ4v) is 2.63. The normalized spacial score (nSPS) is 11.2. The molecule has 156 valence electrons. The number of carbonyl (C=O) groups is 1. The Labute approximate surface area is 170 Å². The van der Waals surface area contributed by atoms with Crippen molar-refractivity contribution in [1.29, 1.82) is 0 Å². The zero-order valence-electron chi connectivity index (χ0n) is 15.8. The van der Waals surface area contributed by atoms with Gasteiger partial charge in [-0.05, 0) is 42.8 Å². The zero-order chi connectivity index (χ0) is 21.6. The van der Waals surface area contributed by atoms with E-state index in [4.69, 9.17) is 10.5 Å². The van der Waals surface area contributed by atoms with E-state index >= 15 is 0 Å². The van der Waals surface area contributed by atoms with E-state index in [2.05, 4.69) is 15.3 Å². The Morgan fingerprint density at radius 1 is 1.10 bits per heavy atom. The molecule has 0 aliphatic rings. The topological polar surface area (TPSA) is 90.1 Å². The van der Waals surface area contributed by atoms with Crippen LogP contribution in [0.25, 0.3) is 11.3 Å². The highest BCUT2D eigenvalue weighted by Crippen LogP contribution is 2.31.